The van der Waals surface area contributed by atoms with Crippen LogP contribution < -0.4 is 5.73 Å². The molecule has 0 aliphatic carbocycles. The fourth-order valence-electron chi connectivity index (χ4n) is 5.38. The molecule has 1 saturated heterocycles. The first-order chi connectivity index (χ1) is 19.8. The molecule has 0 saturated carbocycles. The number of amides is 2. The van der Waals surface area contributed by atoms with Gasteiger partial charge in [-0.25, -0.2) is 8.42 Å². The molecule has 1 heterocycles. The molecule has 9 heteroatoms. The molecule has 2 N–H and O–H groups in total. The minimum Gasteiger partial charge on any atom is -0.335 e. The van der Waals surface area contributed by atoms with Gasteiger partial charge in [0.25, 0.3) is 0 Å². The zero-order valence-corrected chi connectivity index (χ0v) is 25.8. The topological polar surface area (TPSA) is 104 Å². The number of sulfonamides is 1. The maximum atomic E-state index is 14.4. The highest BCUT2D eigenvalue weighted by Gasteiger charge is 2.38. The van der Waals surface area contributed by atoms with Gasteiger partial charge >= 0.3 is 0 Å². The van der Waals surface area contributed by atoms with Crippen molar-refractivity contribution in [1.29, 1.82) is 0 Å². The van der Waals surface area contributed by atoms with E-state index in [0.717, 1.165) is 21.9 Å². The van der Waals surface area contributed by atoms with Crippen LogP contribution in [0, 0.1) is 0 Å². The third-order valence-corrected chi connectivity index (χ3v) is 9.03. The number of nitrogens with zero attached hydrogens (tertiary/aromatic N) is 3. The molecule has 0 unspecified atom stereocenters. The Labute approximate surface area is 249 Å². The van der Waals surface area contributed by atoms with Gasteiger partial charge < -0.3 is 15.5 Å². The molecule has 0 aromatic heterocycles. The zero-order valence-electron chi connectivity index (χ0n) is 24.9. The molecule has 42 heavy (non-hydrogen) atoms. The Kier molecular flexibility index (Phi) is 9.86. The number of nitrogens with two attached hydrogens (primary N) is 1. The molecule has 3 aromatic rings. The summed E-state index contributed by atoms with van der Waals surface area (Å²) in [4.78, 5) is 31.1. The van der Waals surface area contributed by atoms with Crippen molar-refractivity contribution < 1.29 is 18.0 Å². The third-order valence-electron chi connectivity index (χ3n) is 7.76. The summed E-state index contributed by atoms with van der Waals surface area (Å²) in [6.07, 6.45) is 5.78. The van der Waals surface area contributed by atoms with Gasteiger partial charge in [0, 0.05) is 44.7 Å². The first kappa shape index (κ1) is 31.4. The van der Waals surface area contributed by atoms with Gasteiger partial charge in [0.1, 0.15) is 6.04 Å². The lowest BCUT2D eigenvalue weighted by atomic mass is 9.97. The summed E-state index contributed by atoms with van der Waals surface area (Å²) in [6.45, 7) is 4.44. The van der Waals surface area contributed by atoms with Crippen LogP contribution in [0.3, 0.4) is 0 Å². The summed E-state index contributed by atoms with van der Waals surface area (Å²) in [7, 11) is -1.77. The molecule has 4 rings (SSSR count). The Morgan fingerprint density at radius 3 is 2.33 bits per heavy atom. The van der Waals surface area contributed by atoms with Gasteiger partial charge in [-0.3, -0.25) is 9.59 Å². The average molecular weight is 591 g/mol. The molecule has 0 radical (unpaired) electrons. The number of benzene rings is 3. The van der Waals surface area contributed by atoms with Gasteiger partial charge in [-0.05, 0) is 54.7 Å². The number of carbonyl (C=O) groups excluding carboxylic acids is 2. The van der Waals surface area contributed by atoms with Crippen molar-refractivity contribution >= 4 is 32.6 Å². The Balaban J connectivity index is 1.66. The van der Waals surface area contributed by atoms with Crippen LogP contribution in [0.2, 0.25) is 0 Å². The van der Waals surface area contributed by atoms with Crippen molar-refractivity contribution in [3.63, 3.8) is 0 Å². The van der Waals surface area contributed by atoms with Crippen LogP contribution in [0.5, 0.6) is 0 Å². The largest absolute Gasteiger partial charge is 0.335 e. The van der Waals surface area contributed by atoms with Gasteiger partial charge in [0.2, 0.25) is 21.8 Å². The molecule has 1 fully saturated rings. The number of piperazine rings is 1. The summed E-state index contributed by atoms with van der Waals surface area (Å²) in [6, 6.07) is 22.7. The summed E-state index contributed by atoms with van der Waals surface area (Å²) < 4.78 is 26.4. The molecular weight excluding hydrogens is 548 g/mol. The zero-order chi connectivity index (χ0) is 30.5. The van der Waals surface area contributed by atoms with E-state index in [1.807, 2.05) is 80.6 Å². The third kappa shape index (κ3) is 8.27. The molecule has 2 atom stereocenters. The summed E-state index contributed by atoms with van der Waals surface area (Å²) in [5.41, 5.74) is 7.58. The van der Waals surface area contributed by atoms with Crippen molar-refractivity contribution in [3.05, 3.63) is 96.1 Å². The Morgan fingerprint density at radius 2 is 1.67 bits per heavy atom. The Bertz CT molecular complexity index is 1530. The number of fused-ring (bicyclic) bond motifs is 1. The average Bonchev–Trinajstić information content (AvgIpc) is 2.94. The van der Waals surface area contributed by atoms with Crippen molar-refractivity contribution in [3.8, 4) is 0 Å². The number of carbonyl (C=O) groups is 2. The predicted octanol–water partition coefficient (Wildman–Crippen LogP) is 3.61. The van der Waals surface area contributed by atoms with Gasteiger partial charge in [0.15, 0.2) is 0 Å². The predicted molar refractivity (Wildman–Crippen MR) is 168 cm³/mol. The van der Waals surface area contributed by atoms with Crippen LogP contribution in [0.4, 0.5) is 0 Å². The van der Waals surface area contributed by atoms with Crippen molar-refractivity contribution in [1.82, 2.24) is 14.1 Å². The highest BCUT2D eigenvalue weighted by Crippen LogP contribution is 2.23. The summed E-state index contributed by atoms with van der Waals surface area (Å²) in [5.74, 6) is -0.478. The number of rotatable bonds is 10. The van der Waals surface area contributed by atoms with Crippen molar-refractivity contribution in [2.75, 3.05) is 32.9 Å². The standard InChI is InChI=1S/C33H42N4O4S/c1-33(2,34)18-10-15-31(38)35(3)30(23-26-16-17-27-13-8-9-14-28(27)21-26)32(39)37-20-19-36(42(4,40)41)24-29(37)22-25-11-6-5-7-12-25/h5-17,21,29-30H,18-20,22-24,34H2,1-4H3/t29-,30-/m1/s1. The maximum Gasteiger partial charge on any atom is 0.246 e. The van der Waals surface area contributed by atoms with E-state index in [4.69, 9.17) is 5.73 Å². The molecule has 224 valence electrons. The van der Waals surface area contributed by atoms with Gasteiger partial charge in [0.05, 0.1) is 6.26 Å². The van der Waals surface area contributed by atoms with Crippen molar-refractivity contribution in [2.45, 2.75) is 50.7 Å². The first-order valence-electron chi connectivity index (χ1n) is 14.3. The van der Waals surface area contributed by atoms with E-state index >= 15 is 0 Å². The second-order valence-electron chi connectivity index (χ2n) is 11.9. The van der Waals surface area contributed by atoms with E-state index in [2.05, 4.69) is 6.07 Å². The minimum absolute atomic E-state index is 0.194. The fourth-order valence-corrected chi connectivity index (χ4v) is 6.24. The summed E-state index contributed by atoms with van der Waals surface area (Å²) in [5, 5.41) is 2.16. The van der Waals surface area contributed by atoms with Crippen LogP contribution in [0.15, 0.2) is 84.9 Å². The molecule has 3 aromatic carbocycles. The smallest absolute Gasteiger partial charge is 0.246 e. The second kappa shape index (κ2) is 13.2. The highest BCUT2D eigenvalue weighted by molar-refractivity contribution is 7.88. The molecule has 1 aliphatic heterocycles. The van der Waals surface area contributed by atoms with Crippen LogP contribution in [0.1, 0.15) is 31.4 Å². The Morgan fingerprint density at radius 1 is 1.00 bits per heavy atom. The van der Waals surface area contributed by atoms with Crippen LogP contribution in [-0.4, -0.2) is 84.9 Å². The van der Waals surface area contributed by atoms with E-state index in [1.165, 1.54) is 21.5 Å². The lowest BCUT2D eigenvalue weighted by molar-refractivity contribution is -0.145. The molecule has 8 nitrogen and oxygen atoms in total. The SMILES string of the molecule is CN(C(=O)C=CCC(C)(C)N)[C@H](Cc1ccc2ccccc2c1)C(=O)N1CCN(S(C)(=O)=O)C[C@H]1Cc1ccccc1. The fraction of sp³-hybridized carbons (Fsp3) is 0.394. The molecule has 0 spiro atoms. The quantitative estimate of drug-likeness (QED) is 0.364. The van der Waals surface area contributed by atoms with E-state index in [9.17, 15) is 18.0 Å². The first-order valence-corrected chi connectivity index (χ1v) is 16.2. The molecule has 0 bridgehead atoms. The highest BCUT2D eigenvalue weighted by atomic mass is 32.2. The number of hydrogen-bond donors (Lipinski definition) is 1. The number of hydrogen-bond acceptors (Lipinski definition) is 5. The van der Waals surface area contributed by atoms with E-state index < -0.39 is 21.6 Å². The monoisotopic (exact) mass is 590 g/mol. The van der Waals surface area contributed by atoms with E-state index in [1.54, 1.807) is 18.0 Å². The van der Waals surface area contributed by atoms with E-state index in [0.29, 0.717) is 19.3 Å². The molecule has 2 amide bonds. The van der Waals surface area contributed by atoms with Gasteiger partial charge in [-0.15, -0.1) is 0 Å². The summed E-state index contributed by atoms with van der Waals surface area (Å²) >= 11 is 0. The lowest BCUT2D eigenvalue weighted by Crippen LogP contribution is -2.61. The van der Waals surface area contributed by atoms with Crippen LogP contribution in [0.25, 0.3) is 10.8 Å². The lowest BCUT2D eigenvalue weighted by Gasteiger charge is -2.43. The maximum absolute atomic E-state index is 14.4. The van der Waals surface area contributed by atoms with Crippen LogP contribution >= 0.6 is 0 Å². The minimum atomic E-state index is -3.43. The van der Waals surface area contributed by atoms with Gasteiger partial charge in [-0.1, -0.05) is 78.9 Å². The number of likely N-dealkylation sites (N-methyl/N-ethyl adjacent to an activating group) is 1. The Hall–Kier alpha value is -3.53. The second-order valence-corrected chi connectivity index (χ2v) is 13.9. The molecular formula is C33H42N4O4S. The van der Waals surface area contributed by atoms with E-state index in [-0.39, 0.29) is 37.5 Å². The van der Waals surface area contributed by atoms with Crippen molar-refractivity contribution in [2.24, 2.45) is 5.73 Å². The molecule has 1 aliphatic rings. The van der Waals surface area contributed by atoms with Gasteiger partial charge in [-0.2, -0.15) is 4.31 Å². The van der Waals surface area contributed by atoms with Crippen LogP contribution in [-0.2, 0) is 32.5 Å². The normalized spacial score (nSPS) is 17.5.